The molecule has 6 heteroatoms. The number of rotatable bonds is 5. The fourth-order valence-corrected chi connectivity index (χ4v) is 5.59. The second kappa shape index (κ2) is 8.36. The van der Waals surface area contributed by atoms with Gasteiger partial charge in [0.1, 0.15) is 0 Å². The molecule has 2 aromatic carbocycles. The first kappa shape index (κ1) is 20.8. The summed E-state index contributed by atoms with van der Waals surface area (Å²) in [7, 11) is 0. The average molecular weight is 436 g/mol. The van der Waals surface area contributed by atoms with Gasteiger partial charge in [0.05, 0.1) is 26.0 Å². The van der Waals surface area contributed by atoms with E-state index < -0.39 is 0 Å². The molecule has 0 spiro atoms. The van der Waals surface area contributed by atoms with Crippen molar-refractivity contribution in [1.82, 2.24) is 9.97 Å². The Morgan fingerprint density at radius 3 is 2.60 bits per heavy atom. The lowest BCUT2D eigenvalue weighted by atomic mass is 10.0. The maximum absolute atomic E-state index is 13.0. The van der Waals surface area contributed by atoms with Gasteiger partial charge in [0.15, 0.2) is 5.13 Å². The zero-order valence-corrected chi connectivity index (χ0v) is 19.5. The SMILES string of the molecule is CCC(Sc1cc(C)c2cc(C)cc(C)c2n1)C(=O)Nc1nc2ccc(C)cc2s1. The molecule has 0 aliphatic rings. The van der Waals surface area contributed by atoms with E-state index in [9.17, 15) is 4.79 Å². The van der Waals surface area contributed by atoms with Crippen LogP contribution in [0.5, 0.6) is 0 Å². The van der Waals surface area contributed by atoms with Crippen molar-refractivity contribution in [3.8, 4) is 0 Å². The topological polar surface area (TPSA) is 54.9 Å². The molecule has 1 atom stereocenters. The zero-order chi connectivity index (χ0) is 21.4. The summed E-state index contributed by atoms with van der Waals surface area (Å²) in [5.41, 5.74) is 6.71. The fourth-order valence-electron chi connectivity index (χ4n) is 3.61. The first-order chi connectivity index (χ1) is 14.3. The Morgan fingerprint density at radius 2 is 1.83 bits per heavy atom. The number of thiazole rings is 1. The number of nitrogens with one attached hydrogen (secondary N) is 1. The lowest BCUT2D eigenvalue weighted by Gasteiger charge is -2.15. The molecular weight excluding hydrogens is 410 g/mol. The number of nitrogens with zero attached hydrogens (tertiary/aromatic N) is 2. The van der Waals surface area contributed by atoms with Crippen molar-refractivity contribution >= 4 is 55.3 Å². The summed E-state index contributed by atoms with van der Waals surface area (Å²) in [6, 6.07) is 12.5. The molecule has 0 fully saturated rings. The quantitative estimate of drug-likeness (QED) is 0.359. The summed E-state index contributed by atoms with van der Waals surface area (Å²) in [6.45, 7) is 10.4. The third-order valence-electron chi connectivity index (χ3n) is 5.13. The first-order valence-electron chi connectivity index (χ1n) is 10.1. The normalized spacial score (nSPS) is 12.4. The predicted molar refractivity (Wildman–Crippen MR) is 129 cm³/mol. The van der Waals surface area contributed by atoms with Gasteiger partial charge in [0, 0.05) is 5.39 Å². The van der Waals surface area contributed by atoms with Crippen molar-refractivity contribution in [1.29, 1.82) is 0 Å². The van der Waals surface area contributed by atoms with Crippen LogP contribution in [0.2, 0.25) is 0 Å². The third kappa shape index (κ3) is 4.20. The van der Waals surface area contributed by atoms with E-state index in [4.69, 9.17) is 4.98 Å². The molecule has 2 heterocycles. The highest BCUT2D eigenvalue weighted by molar-refractivity contribution is 8.00. The van der Waals surface area contributed by atoms with Crippen LogP contribution in [0, 0.1) is 27.7 Å². The van der Waals surface area contributed by atoms with E-state index in [2.05, 4.69) is 62.3 Å². The van der Waals surface area contributed by atoms with Gasteiger partial charge in [-0.05, 0) is 75.1 Å². The number of fused-ring (bicyclic) bond motifs is 2. The van der Waals surface area contributed by atoms with Crippen LogP contribution in [-0.2, 0) is 4.79 Å². The standard InChI is InChI=1S/C24H25N3OS2/c1-6-19(23(28)27-24-25-18-8-7-13(2)11-20(18)30-24)29-21-12-15(4)17-10-14(3)9-16(5)22(17)26-21/h7-12,19H,6H2,1-5H3,(H,25,27,28). The molecular formula is C24H25N3OS2. The Bertz CT molecular complexity index is 1260. The van der Waals surface area contributed by atoms with Crippen molar-refractivity contribution < 1.29 is 4.79 Å². The number of pyridine rings is 1. The van der Waals surface area contributed by atoms with E-state index in [1.54, 1.807) is 0 Å². The van der Waals surface area contributed by atoms with Gasteiger partial charge in [-0.2, -0.15) is 0 Å². The second-order valence-corrected chi connectivity index (χ2v) is 10.0. The van der Waals surface area contributed by atoms with Gasteiger partial charge < -0.3 is 5.32 Å². The van der Waals surface area contributed by atoms with Gasteiger partial charge >= 0.3 is 0 Å². The van der Waals surface area contributed by atoms with Crippen LogP contribution in [0.25, 0.3) is 21.1 Å². The van der Waals surface area contributed by atoms with E-state index in [0.717, 1.165) is 26.3 Å². The van der Waals surface area contributed by atoms with E-state index in [1.807, 2.05) is 19.1 Å². The second-order valence-electron chi connectivity index (χ2n) is 7.75. The van der Waals surface area contributed by atoms with Gasteiger partial charge in [-0.1, -0.05) is 47.7 Å². The Kier molecular flexibility index (Phi) is 5.80. The summed E-state index contributed by atoms with van der Waals surface area (Å²) in [4.78, 5) is 22.4. The fraction of sp³-hybridized carbons (Fsp3) is 0.292. The molecule has 2 aromatic heterocycles. The summed E-state index contributed by atoms with van der Waals surface area (Å²) in [5.74, 6) is -0.0292. The molecule has 1 N–H and O–H groups in total. The van der Waals surface area contributed by atoms with Crippen molar-refractivity contribution in [2.75, 3.05) is 5.32 Å². The Morgan fingerprint density at radius 1 is 1.03 bits per heavy atom. The minimum Gasteiger partial charge on any atom is -0.301 e. The molecule has 0 aliphatic carbocycles. The number of aromatic nitrogens is 2. The van der Waals surface area contributed by atoms with Gasteiger partial charge in [-0.25, -0.2) is 9.97 Å². The lowest BCUT2D eigenvalue weighted by molar-refractivity contribution is -0.115. The number of aryl methyl sites for hydroxylation is 4. The predicted octanol–water partition coefficient (Wildman–Crippen LogP) is 6.59. The highest BCUT2D eigenvalue weighted by Gasteiger charge is 2.21. The number of amides is 1. The summed E-state index contributed by atoms with van der Waals surface area (Å²) in [6.07, 6.45) is 0.714. The van der Waals surface area contributed by atoms with Crippen LogP contribution >= 0.6 is 23.1 Å². The van der Waals surface area contributed by atoms with Gasteiger partial charge in [0.2, 0.25) is 5.91 Å². The van der Waals surface area contributed by atoms with Gasteiger partial charge in [-0.3, -0.25) is 4.79 Å². The summed E-state index contributed by atoms with van der Waals surface area (Å²) >= 11 is 3.03. The van der Waals surface area contributed by atoms with Crippen LogP contribution < -0.4 is 5.32 Å². The van der Waals surface area contributed by atoms with Crippen LogP contribution in [0.1, 0.15) is 35.6 Å². The van der Waals surface area contributed by atoms with Crippen molar-refractivity contribution in [2.24, 2.45) is 0 Å². The number of hydrogen-bond acceptors (Lipinski definition) is 5. The third-order valence-corrected chi connectivity index (χ3v) is 7.35. The van der Waals surface area contributed by atoms with Crippen molar-refractivity contribution in [3.05, 3.63) is 58.7 Å². The lowest BCUT2D eigenvalue weighted by Crippen LogP contribution is -2.24. The van der Waals surface area contributed by atoms with E-state index in [-0.39, 0.29) is 11.2 Å². The van der Waals surface area contributed by atoms with Crippen LogP contribution in [0.3, 0.4) is 0 Å². The summed E-state index contributed by atoms with van der Waals surface area (Å²) in [5, 5.41) is 5.49. The Hall–Kier alpha value is -2.44. The molecule has 0 saturated heterocycles. The number of carbonyl (C=O) groups excluding carboxylic acids is 1. The molecule has 4 nitrogen and oxygen atoms in total. The molecule has 4 rings (SSSR count). The van der Waals surface area contributed by atoms with E-state index in [1.165, 1.54) is 45.2 Å². The van der Waals surface area contributed by atoms with Crippen LogP contribution in [0.15, 0.2) is 41.4 Å². The number of benzene rings is 2. The molecule has 0 saturated carbocycles. The molecule has 0 aliphatic heterocycles. The highest BCUT2D eigenvalue weighted by Crippen LogP contribution is 2.32. The maximum Gasteiger partial charge on any atom is 0.239 e. The number of anilines is 1. The van der Waals surface area contributed by atoms with Crippen molar-refractivity contribution in [2.45, 2.75) is 51.3 Å². The molecule has 1 amide bonds. The zero-order valence-electron chi connectivity index (χ0n) is 17.9. The maximum atomic E-state index is 13.0. The monoisotopic (exact) mass is 435 g/mol. The minimum absolute atomic E-state index is 0.0292. The van der Waals surface area contributed by atoms with Crippen LogP contribution in [-0.4, -0.2) is 21.1 Å². The molecule has 0 bridgehead atoms. The Balaban J connectivity index is 1.57. The number of carbonyl (C=O) groups is 1. The molecule has 4 aromatic rings. The van der Waals surface area contributed by atoms with Gasteiger partial charge in [-0.15, -0.1) is 0 Å². The minimum atomic E-state index is -0.228. The molecule has 154 valence electrons. The molecule has 1 unspecified atom stereocenters. The number of thioether (sulfide) groups is 1. The van der Waals surface area contributed by atoms with E-state index in [0.29, 0.717) is 11.6 Å². The van der Waals surface area contributed by atoms with E-state index >= 15 is 0 Å². The first-order valence-corrected chi connectivity index (χ1v) is 11.8. The van der Waals surface area contributed by atoms with Crippen LogP contribution in [0.4, 0.5) is 5.13 Å². The molecule has 0 radical (unpaired) electrons. The highest BCUT2D eigenvalue weighted by atomic mass is 32.2. The largest absolute Gasteiger partial charge is 0.301 e. The van der Waals surface area contributed by atoms with Crippen molar-refractivity contribution in [3.63, 3.8) is 0 Å². The average Bonchev–Trinajstić information content (AvgIpc) is 3.08. The molecule has 30 heavy (non-hydrogen) atoms. The smallest absolute Gasteiger partial charge is 0.239 e. The number of hydrogen-bond donors (Lipinski definition) is 1. The van der Waals surface area contributed by atoms with Gasteiger partial charge in [0.25, 0.3) is 0 Å². The summed E-state index contributed by atoms with van der Waals surface area (Å²) < 4.78 is 1.09. The Labute approximate surface area is 185 Å².